The molecule has 130 valence electrons. The van der Waals surface area contributed by atoms with Crippen molar-refractivity contribution in [1.82, 2.24) is 15.1 Å². The first-order valence-electron chi connectivity index (χ1n) is 7.63. The third-order valence-corrected chi connectivity index (χ3v) is 4.17. The smallest absolute Gasteiger partial charge is 0.251 e. The number of hydrogen-bond donors (Lipinski definition) is 2. The summed E-state index contributed by atoms with van der Waals surface area (Å²) in [4.78, 5) is 25.0. The molecule has 0 saturated heterocycles. The highest BCUT2D eigenvalue weighted by Crippen LogP contribution is 2.15. The van der Waals surface area contributed by atoms with Crippen molar-refractivity contribution in [3.05, 3.63) is 46.1 Å². The molecule has 7 nitrogen and oxygen atoms in total. The number of amides is 2. The lowest BCUT2D eigenvalue weighted by Gasteiger charge is -2.22. The van der Waals surface area contributed by atoms with Gasteiger partial charge in [0.1, 0.15) is 23.5 Å². The summed E-state index contributed by atoms with van der Waals surface area (Å²) in [6.07, 6.45) is 1.38. The molecule has 2 aromatic rings. The van der Waals surface area contributed by atoms with Crippen LogP contribution in [-0.2, 0) is 11.8 Å². The quantitative estimate of drug-likeness (QED) is 0.800. The Morgan fingerprint density at radius 3 is 2.48 bits per heavy atom. The minimum absolute atomic E-state index is 0.141. The summed E-state index contributed by atoms with van der Waals surface area (Å²) in [5, 5.41) is 18.4. The normalized spacial score (nSPS) is 11.7. The van der Waals surface area contributed by atoms with Crippen LogP contribution in [0.15, 0.2) is 34.9 Å². The first kappa shape index (κ1) is 18.7. The molecule has 0 fully saturated rings. The van der Waals surface area contributed by atoms with E-state index in [1.165, 1.54) is 10.9 Å². The van der Waals surface area contributed by atoms with Crippen LogP contribution in [0.1, 0.15) is 29.8 Å². The fourth-order valence-electron chi connectivity index (χ4n) is 2.22. The van der Waals surface area contributed by atoms with Crippen LogP contribution in [0.2, 0.25) is 0 Å². The highest BCUT2D eigenvalue weighted by Gasteiger charge is 2.26. The summed E-state index contributed by atoms with van der Waals surface area (Å²) in [6.45, 7) is 3.67. The van der Waals surface area contributed by atoms with E-state index in [9.17, 15) is 9.59 Å². The van der Waals surface area contributed by atoms with Crippen LogP contribution in [0.3, 0.4) is 0 Å². The predicted molar refractivity (Wildman–Crippen MR) is 96.8 cm³/mol. The fourth-order valence-corrected chi connectivity index (χ4v) is 2.49. The first-order chi connectivity index (χ1) is 11.8. The van der Waals surface area contributed by atoms with E-state index in [2.05, 4.69) is 31.7 Å². The fraction of sp³-hybridized carbons (Fsp3) is 0.294. The molecule has 0 aliphatic heterocycles. The summed E-state index contributed by atoms with van der Waals surface area (Å²) in [6, 6.07) is 8.08. The molecule has 8 heteroatoms. The highest BCUT2D eigenvalue weighted by molar-refractivity contribution is 9.10. The minimum Gasteiger partial charge on any atom is -0.340 e. The van der Waals surface area contributed by atoms with Crippen molar-refractivity contribution in [1.29, 1.82) is 5.26 Å². The molecule has 0 saturated carbocycles. The van der Waals surface area contributed by atoms with Gasteiger partial charge in [-0.1, -0.05) is 29.8 Å². The standard InChI is InChI=1S/C17H18BrN5O2/c1-10(2)14(21-16(24)11-4-6-13(18)7-5-11)17(25)22-15-12(8-19)9-20-23(15)3/h4-7,9-10,14H,1-3H3,(H,21,24)(H,22,25)/t14-/m0/s1. The number of anilines is 1. The van der Waals surface area contributed by atoms with E-state index in [0.717, 1.165) is 4.47 Å². The maximum atomic E-state index is 12.6. The largest absolute Gasteiger partial charge is 0.340 e. The maximum absolute atomic E-state index is 12.6. The third kappa shape index (κ3) is 4.45. The lowest BCUT2D eigenvalue weighted by Crippen LogP contribution is -2.47. The van der Waals surface area contributed by atoms with Crippen LogP contribution in [0.5, 0.6) is 0 Å². The Kier molecular flexibility index (Phi) is 5.93. The Bertz CT molecular complexity index is 821. The van der Waals surface area contributed by atoms with Gasteiger partial charge in [0.15, 0.2) is 0 Å². The van der Waals surface area contributed by atoms with Gasteiger partial charge in [0.25, 0.3) is 5.91 Å². The van der Waals surface area contributed by atoms with E-state index < -0.39 is 11.9 Å². The summed E-state index contributed by atoms with van der Waals surface area (Å²) in [5.74, 6) is -0.582. The number of carbonyl (C=O) groups excluding carboxylic acids is 2. The Labute approximate surface area is 154 Å². The van der Waals surface area contributed by atoms with Crippen molar-refractivity contribution in [3.8, 4) is 6.07 Å². The van der Waals surface area contributed by atoms with Gasteiger partial charge in [0.05, 0.1) is 6.20 Å². The Hall–Kier alpha value is -2.66. The van der Waals surface area contributed by atoms with Gasteiger partial charge in [-0.3, -0.25) is 14.3 Å². The van der Waals surface area contributed by atoms with Crippen LogP contribution in [-0.4, -0.2) is 27.6 Å². The van der Waals surface area contributed by atoms with E-state index in [0.29, 0.717) is 11.4 Å². The van der Waals surface area contributed by atoms with E-state index >= 15 is 0 Å². The van der Waals surface area contributed by atoms with E-state index in [4.69, 9.17) is 5.26 Å². The van der Waals surface area contributed by atoms with Gasteiger partial charge >= 0.3 is 0 Å². The zero-order valence-corrected chi connectivity index (χ0v) is 15.7. The first-order valence-corrected chi connectivity index (χ1v) is 8.42. The van der Waals surface area contributed by atoms with Crippen LogP contribution >= 0.6 is 15.9 Å². The van der Waals surface area contributed by atoms with Gasteiger partial charge in [-0.05, 0) is 30.2 Å². The lowest BCUT2D eigenvalue weighted by atomic mass is 10.0. The molecule has 0 spiro atoms. The van der Waals surface area contributed by atoms with Gasteiger partial charge in [0.2, 0.25) is 5.91 Å². The van der Waals surface area contributed by atoms with Gasteiger partial charge in [-0.15, -0.1) is 0 Å². The predicted octanol–water partition coefficient (Wildman–Crippen LogP) is 2.45. The lowest BCUT2D eigenvalue weighted by molar-refractivity contribution is -0.118. The average Bonchev–Trinajstić information content (AvgIpc) is 2.92. The zero-order valence-electron chi connectivity index (χ0n) is 14.1. The maximum Gasteiger partial charge on any atom is 0.251 e. The zero-order chi connectivity index (χ0) is 18.6. The van der Waals surface area contributed by atoms with Crippen molar-refractivity contribution in [2.75, 3.05) is 5.32 Å². The Morgan fingerprint density at radius 2 is 1.92 bits per heavy atom. The molecule has 0 bridgehead atoms. The number of aryl methyl sites for hydroxylation is 1. The highest BCUT2D eigenvalue weighted by atomic mass is 79.9. The number of nitrogens with zero attached hydrogens (tertiary/aromatic N) is 3. The SMILES string of the molecule is CC(C)[C@H](NC(=O)c1ccc(Br)cc1)C(=O)Nc1c(C#N)cnn1C. The second kappa shape index (κ2) is 7.94. The number of nitriles is 1. The van der Waals surface area contributed by atoms with Gasteiger partial charge < -0.3 is 10.6 Å². The Morgan fingerprint density at radius 1 is 1.28 bits per heavy atom. The van der Waals surface area contributed by atoms with Gasteiger partial charge in [0, 0.05) is 17.1 Å². The van der Waals surface area contributed by atoms with Crippen LogP contribution in [0.25, 0.3) is 0 Å². The molecule has 1 atom stereocenters. The molecule has 0 aliphatic carbocycles. The van der Waals surface area contributed by atoms with E-state index in [1.807, 2.05) is 19.9 Å². The molecule has 1 aromatic heterocycles. The molecule has 0 unspecified atom stereocenters. The van der Waals surface area contributed by atoms with E-state index in [1.54, 1.807) is 31.3 Å². The molecule has 2 amide bonds. The van der Waals surface area contributed by atoms with Crippen molar-refractivity contribution < 1.29 is 9.59 Å². The molecule has 2 rings (SSSR count). The Balaban J connectivity index is 2.16. The number of aromatic nitrogens is 2. The minimum atomic E-state index is -0.752. The van der Waals surface area contributed by atoms with E-state index in [-0.39, 0.29) is 17.4 Å². The van der Waals surface area contributed by atoms with Crippen molar-refractivity contribution in [2.45, 2.75) is 19.9 Å². The summed E-state index contributed by atoms with van der Waals surface area (Å²) in [7, 11) is 1.63. The molecule has 2 N–H and O–H groups in total. The van der Waals surface area contributed by atoms with Gasteiger partial charge in [-0.25, -0.2) is 0 Å². The molecular formula is C17H18BrN5O2. The monoisotopic (exact) mass is 403 g/mol. The number of hydrogen-bond acceptors (Lipinski definition) is 4. The summed E-state index contributed by atoms with van der Waals surface area (Å²) in [5.41, 5.74) is 0.720. The molecule has 0 aliphatic rings. The molecule has 25 heavy (non-hydrogen) atoms. The molecule has 0 radical (unpaired) electrons. The number of nitrogens with one attached hydrogen (secondary N) is 2. The molecule has 1 aromatic carbocycles. The average molecular weight is 404 g/mol. The number of rotatable bonds is 5. The van der Waals surface area contributed by atoms with Crippen LogP contribution in [0, 0.1) is 17.2 Å². The van der Waals surface area contributed by atoms with Gasteiger partial charge in [-0.2, -0.15) is 10.4 Å². The molecule has 1 heterocycles. The number of carbonyl (C=O) groups is 2. The number of halogens is 1. The van der Waals surface area contributed by atoms with Crippen molar-refractivity contribution in [3.63, 3.8) is 0 Å². The van der Waals surface area contributed by atoms with Crippen LogP contribution < -0.4 is 10.6 Å². The van der Waals surface area contributed by atoms with Crippen molar-refractivity contribution in [2.24, 2.45) is 13.0 Å². The second-order valence-corrected chi connectivity index (χ2v) is 6.75. The molecular weight excluding hydrogens is 386 g/mol. The summed E-state index contributed by atoms with van der Waals surface area (Å²) >= 11 is 3.32. The second-order valence-electron chi connectivity index (χ2n) is 5.83. The third-order valence-electron chi connectivity index (χ3n) is 3.64. The summed E-state index contributed by atoms with van der Waals surface area (Å²) < 4.78 is 2.27. The van der Waals surface area contributed by atoms with Crippen LogP contribution in [0.4, 0.5) is 5.82 Å². The topological polar surface area (TPSA) is 99.8 Å². The number of benzene rings is 1. The van der Waals surface area contributed by atoms with Crippen molar-refractivity contribution >= 4 is 33.6 Å².